The van der Waals surface area contributed by atoms with Gasteiger partial charge in [-0.1, -0.05) is 6.08 Å². The molecular formula is C11H20N2O6. The molecule has 0 radical (unpaired) electrons. The number of ether oxygens (including phenoxy) is 2. The first-order chi connectivity index (χ1) is 8.97. The normalized spacial score (nSPS) is 26.6. The summed E-state index contributed by atoms with van der Waals surface area (Å²) in [5.74, 6) is 0. The smallest absolute Gasteiger partial charge is 0.324 e. The van der Waals surface area contributed by atoms with Gasteiger partial charge in [-0.15, -0.1) is 0 Å². The van der Waals surface area contributed by atoms with E-state index in [4.69, 9.17) is 14.6 Å². The molecule has 0 aromatic rings. The third-order valence-electron chi connectivity index (χ3n) is 2.37. The first kappa shape index (κ1) is 15.7. The Kier molecular flexibility index (Phi) is 6.03. The van der Waals surface area contributed by atoms with E-state index in [1.807, 2.05) is 0 Å². The van der Waals surface area contributed by atoms with Crippen LogP contribution >= 0.6 is 0 Å². The largest absolute Gasteiger partial charge is 0.476 e. The highest BCUT2D eigenvalue weighted by Crippen LogP contribution is 2.15. The second-order valence-electron chi connectivity index (χ2n) is 4.16. The molecule has 2 amide bonds. The van der Waals surface area contributed by atoms with Crippen LogP contribution in [0.1, 0.15) is 13.8 Å². The lowest BCUT2D eigenvalue weighted by Crippen LogP contribution is -2.47. The van der Waals surface area contributed by atoms with Crippen LogP contribution in [0, 0.1) is 0 Å². The monoisotopic (exact) mass is 276 g/mol. The minimum absolute atomic E-state index is 0.0492. The maximum Gasteiger partial charge on any atom is 0.324 e. The van der Waals surface area contributed by atoms with Gasteiger partial charge < -0.3 is 30.1 Å². The number of rotatable bonds is 7. The molecule has 19 heavy (non-hydrogen) atoms. The Labute approximate surface area is 111 Å². The van der Waals surface area contributed by atoms with E-state index in [-0.39, 0.29) is 13.2 Å². The highest BCUT2D eigenvalue weighted by atomic mass is 16.5. The van der Waals surface area contributed by atoms with Crippen molar-refractivity contribution in [2.45, 2.75) is 38.6 Å². The Hall–Kier alpha value is -1.35. The molecule has 0 spiro atoms. The Balaban J connectivity index is 2.64. The standard InChI is InChI=1S/C11H20N2O6/c1-3-4-19-8(6-18-5-7(2)14)13-10(16)9(15)12-11(13)17/h3-4,7-10,14-16H,5-6H2,1-2H3,(H,12,17). The van der Waals surface area contributed by atoms with Crippen LogP contribution in [0.2, 0.25) is 0 Å². The van der Waals surface area contributed by atoms with Crippen molar-refractivity contribution in [1.82, 2.24) is 10.2 Å². The summed E-state index contributed by atoms with van der Waals surface area (Å²) < 4.78 is 10.4. The lowest BCUT2D eigenvalue weighted by atomic mass is 10.4. The molecule has 1 fully saturated rings. The Morgan fingerprint density at radius 1 is 1.47 bits per heavy atom. The zero-order valence-corrected chi connectivity index (χ0v) is 10.9. The van der Waals surface area contributed by atoms with E-state index in [1.54, 1.807) is 19.9 Å². The van der Waals surface area contributed by atoms with Gasteiger partial charge in [-0.25, -0.2) is 4.79 Å². The second-order valence-corrected chi connectivity index (χ2v) is 4.16. The molecule has 4 N–H and O–H groups in total. The predicted molar refractivity (Wildman–Crippen MR) is 64.6 cm³/mol. The topological polar surface area (TPSA) is 111 Å². The second kappa shape index (κ2) is 7.29. The summed E-state index contributed by atoms with van der Waals surface area (Å²) in [5, 5.41) is 30.3. The number of allylic oxidation sites excluding steroid dienone is 1. The van der Waals surface area contributed by atoms with Crippen LogP contribution in [0.3, 0.4) is 0 Å². The Bertz CT molecular complexity index is 322. The van der Waals surface area contributed by atoms with Crippen molar-refractivity contribution in [3.8, 4) is 0 Å². The maximum absolute atomic E-state index is 11.6. The van der Waals surface area contributed by atoms with Crippen LogP contribution in [0.25, 0.3) is 0 Å². The first-order valence-corrected chi connectivity index (χ1v) is 5.94. The Morgan fingerprint density at radius 3 is 2.63 bits per heavy atom. The molecule has 110 valence electrons. The summed E-state index contributed by atoms with van der Waals surface area (Å²) in [6, 6.07) is -0.657. The highest BCUT2D eigenvalue weighted by molar-refractivity contribution is 5.77. The van der Waals surface area contributed by atoms with E-state index in [9.17, 15) is 15.0 Å². The van der Waals surface area contributed by atoms with Crippen molar-refractivity contribution in [1.29, 1.82) is 0 Å². The molecule has 4 unspecified atom stereocenters. The SMILES string of the molecule is CC=COC(COCC(C)O)N1C(=O)NC(O)C1O. The summed E-state index contributed by atoms with van der Waals surface area (Å²) in [7, 11) is 0. The number of amides is 2. The van der Waals surface area contributed by atoms with Gasteiger partial charge >= 0.3 is 6.03 Å². The number of urea groups is 1. The van der Waals surface area contributed by atoms with Crippen molar-refractivity contribution in [3.05, 3.63) is 12.3 Å². The molecule has 0 aromatic carbocycles. The lowest BCUT2D eigenvalue weighted by molar-refractivity contribution is -0.124. The van der Waals surface area contributed by atoms with Crippen LogP contribution in [0.5, 0.6) is 0 Å². The molecule has 0 aliphatic carbocycles. The zero-order chi connectivity index (χ0) is 14.4. The first-order valence-electron chi connectivity index (χ1n) is 5.94. The van der Waals surface area contributed by atoms with Gasteiger partial charge in [0.05, 0.1) is 19.0 Å². The zero-order valence-electron chi connectivity index (χ0n) is 10.9. The van der Waals surface area contributed by atoms with Gasteiger partial charge in [-0.2, -0.15) is 0 Å². The fourth-order valence-corrected chi connectivity index (χ4v) is 1.54. The van der Waals surface area contributed by atoms with Crippen LogP contribution in [0.15, 0.2) is 12.3 Å². The molecule has 8 heteroatoms. The number of nitrogens with one attached hydrogen (secondary N) is 1. The minimum Gasteiger partial charge on any atom is -0.476 e. The van der Waals surface area contributed by atoms with Crippen molar-refractivity contribution in [2.75, 3.05) is 13.2 Å². The molecular weight excluding hydrogens is 256 g/mol. The van der Waals surface area contributed by atoms with E-state index < -0.39 is 30.8 Å². The van der Waals surface area contributed by atoms with Gasteiger partial charge in [-0.3, -0.25) is 4.90 Å². The summed E-state index contributed by atoms with van der Waals surface area (Å²) in [5.41, 5.74) is 0. The molecule has 1 aliphatic heterocycles. The van der Waals surface area contributed by atoms with Crippen molar-refractivity contribution in [2.24, 2.45) is 0 Å². The molecule has 1 heterocycles. The molecule has 0 aromatic heterocycles. The van der Waals surface area contributed by atoms with E-state index in [0.717, 1.165) is 4.90 Å². The number of aliphatic hydroxyl groups is 3. The molecule has 0 bridgehead atoms. The molecule has 0 saturated carbocycles. The number of hydrogen-bond acceptors (Lipinski definition) is 6. The van der Waals surface area contributed by atoms with Crippen LogP contribution in [0.4, 0.5) is 4.79 Å². The van der Waals surface area contributed by atoms with E-state index >= 15 is 0 Å². The van der Waals surface area contributed by atoms with Crippen molar-refractivity contribution < 1.29 is 29.6 Å². The Morgan fingerprint density at radius 2 is 2.16 bits per heavy atom. The highest BCUT2D eigenvalue weighted by Gasteiger charge is 2.42. The van der Waals surface area contributed by atoms with Gasteiger partial charge in [0, 0.05) is 0 Å². The quantitative estimate of drug-likeness (QED) is 0.440. The number of aliphatic hydroxyl groups excluding tert-OH is 3. The lowest BCUT2D eigenvalue weighted by Gasteiger charge is -2.28. The molecule has 8 nitrogen and oxygen atoms in total. The summed E-state index contributed by atoms with van der Waals surface area (Å²) >= 11 is 0. The molecule has 1 rings (SSSR count). The third-order valence-corrected chi connectivity index (χ3v) is 2.37. The molecule has 1 aliphatic rings. The van der Waals surface area contributed by atoms with Crippen molar-refractivity contribution in [3.63, 3.8) is 0 Å². The van der Waals surface area contributed by atoms with E-state index in [2.05, 4.69) is 5.32 Å². The van der Waals surface area contributed by atoms with Gasteiger partial charge in [0.2, 0.25) is 6.23 Å². The van der Waals surface area contributed by atoms with Crippen LogP contribution < -0.4 is 5.32 Å². The number of nitrogens with zero attached hydrogens (tertiary/aromatic N) is 1. The summed E-state index contributed by atoms with van der Waals surface area (Å²) in [6.07, 6.45) is -1.38. The number of carbonyl (C=O) groups is 1. The maximum atomic E-state index is 11.6. The number of hydrogen-bond donors (Lipinski definition) is 4. The van der Waals surface area contributed by atoms with Gasteiger partial charge in [0.25, 0.3) is 0 Å². The summed E-state index contributed by atoms with van der Waals surface area (Å²) in [4.78, 5) is 12.5. The van der Waals surface area contributed by atoms with E-state index in [0.29, 0.717) is 0 Å². The summed E-state index contributed by atoms with van der Waals surface area (Å²) in [6.45, 7) is 3.31. The van der Waals surface area contributed by atoms with Gasteiger partial charge in [0.15, 0.2) is 12.5 Å². The predicted octanol–water partition coefficient (Wildman–Crippen LogP) is -1.08. The van der Waals surface area contributed by atoms with Gasteiger partial charge in [0.1, 0.15) is 6.61 Å². The van der Waals surface area contributed by atoms with Crippen LogP contribution in [-0.4, -0.2) is 64.3 Å². The molecule has 1 saturated heterocycles. The fraction of sp³-hybridized carbons (Fsp3) is 0.727. The minimum atomic E-state index is -1.42. The number of carbonyl (C=O) groups excluding carboxylic acids is 1. The van der Waals surface area contributed by atoms with E-state index in [1.165, 1.54) is 6.26 Å². The average Bonchev–Trinajstić information content (AvgIpc) is 2.58. The van der Waals surface area contributed by atoms with Crippen LogP contribution in [-0.2, 0) is 9.47 Å². The average molecular weight is 276 g/mol. The fourth-order valence-electron chi connectivity index (χ4n) is 1.54. The molecule has 4 atom stereocenters. The van der Waals surface area contributed by atoms with Gasteiger partial charge in [-0.05, 0) is 13.8 Å². The third kappa shape index (κ3) is 4.35. The van der Waals surface area contributed by atoms with Crippen molar-refractivity contribution >= 4 is 6.03 Å².